The van der Waals surface area contributed by atoms with Crippen molar-refractivity contribution in [2.24, 2.45) is 0 Å². The molecule has 0 radical (unpaired) electrons. The van der Waals surface area contributed by atoms with Gasteiger partial charge in [-0.05, 0) is 54.6 Å². The lowest BCUT2D eigenvalue weighted by atomic mass is 10.1. The predicted molar refractivity (Wildman–Crippen MR) is 172 cm³/mol. The molecule has 8 nitrogen and oxygen atoms in total. The van der Waals surface area contributed by atoms with Crippen molar-refractivity contribution in [1.82, 2.24) is 5.32 Å². The van der Waals surface area contributed by atoms with E-state index in [2.05, 4.69) is 26.6 Å². The number of anilines is 1. The molecule has 4 aromatic rings. The summed E-state index contributed by atoms with van der Waals surface area (Å²) in [6, 6.07) is 26.2. The summed E-state index contributed by atoms with van der Waals surface area (Å²) < 4.78 is 17.2. The van der Waals surface area contributed by atoms with Crippen molar-refractivity contribution in [3.05, 3.63) is 118 Å². The van der Waals surface area contributed by atoms with Crippen LogP contribution in [0.25, 0.3) is 6.08 Å². The number of carbonyl (C=O) groups excluding carboxylic acids is 3. The topological polar surface area (TPSA) is 103 Å². The van der Waals surface area contributed by atoms with E-state index >= 15 is 0 Å². The second kappa shape index (κ2) is 15.1. The van der Waals surface area contributed by atoms with Gasteiger partial charge in [-0.25, -0.2) is 0 Å². The predicted octanol–water partition coefficient (Wildman–Crippen LogP) is 6.86. The Hall–Kier alpha value is -4.54. The fraction of sp³-hybridized carbons (Fsp3) is 0.121. The van der Waals surface area contributed by atoms with Gasteiger partial charge >= 0.3 is 0 Å². The molecule has 2 N–H and O–H groups in total. The second-order valence-electron chi connectivity index (χ2n) is 9.03. The lowest BCUT2D eigenvalue weighted by molar-refractivity contribution is -0.113. The van der Waals surface area contributed by atoms with Crippen LogP contribution in [0, 0.1) is 0 Å². The van der Waals surface area contributed by atoms with E-state index in [9.17, 15) is 14.4 Å². The smallest absolute Gasteiger partial charge is 0.272 e. The van der Waals surface area contributed by atoms with E-state index < -0.39 is 11.8 Å². The first-order valence-electron chi connectivity index (χ1n) is 13.0. The monoisotopic (exact) mass is 660 g/mol. The lowest BCUT2D eigenvalue weighted by Crippen LogP contribution is -2.30. The number of thioether (sulfide) groups is 1. The Kier molecular flexibility index (Phi) is 11.0. The Morgan fingerprint density at radius 2 is 1.44 bits per heavy atom. The fourth-order valence-corrected chi connectivity index (χ4v) is 5.11. The second-order valence-corrected chi connectivity index (χ2v) is 11.0. The third-order valence-electron chi connectivity index (χ3n) is 6.19. The summed E-state index contributed by atoms with van der Waals surface area (Å²) in [6.45, 7) is 0. The van der Waals surface area contributed by atoms with Crippen molar-refractivity contribution in [1.29, 1.82) is 0 Å². The highest BCUT2D eigenvalue weighted by Gasteiger charge is 2.18. The Morgan fingerprint density at radius 1 is 0.767 bits per heavy atom. The highest BCUT2D eigenvalue weighted by atomic mass is 79.9. The van der Waals surface area contributed by atoms with Crippen molar-refractivity contribution in [3.63, 3.8) is 0 Å². The average molecular weight is 662 g/mol. The summed E-state index contributed by atoms with van der Waals surface area (Å²) in [6.07, 6.45) is 1.51. The number of nitrogens with one attached hydrogen (secondary N) is 2. The van der Waals surface area contributed by atoms with Crippen LogP contribution in [0.1, 0.15) is 26.3 Å². The minimum absolute atomic E-state index is 0.00958. The number of amides is 2. The molecule has 4 aromatic carbocycles. The molecule has 0 bridgehead atoms. The molecule has 0 unspecified atom stereocenters. The molecule has 10 heteroatoms. The Bertz CT molecular complexity index is 1640. The number of halogens is 1. The number of rotatable bonds is 12. The van der Waals surface area contributed by atoms with E-state index in [0.717, 1.165) is 9.37 Å². The number of ketones is 1. The standard InChI is InChI=1S/C33H29BrN2O6S/c1-40-29-19-31(42-3)30(41-2)17-23(29)16-27(36-32(38)22-8-5-4-6-9-22)33(39)35-25-10-7-11-26(18-25)43-20-28(37)21-12-14-24(34)15-13-21/h4-19H,20H2,1-3H3,(H,35,39)(H,36,38)/b27-16-. The van der Waals surface area contributed by atoms with Crippen molar-refractivity contribution >= 4 is 57.1 Å². The van der Waals surface area contributed by atoms with Gasteiger partial charge in [0.2, 0.25) is 0 Å². The van der Waals surface area contributed by atoms with Crippen LogP contribution in [-0.2, 0) is 4.79 Å². The van der Waals surface area contributed by atoms with Crippen LogP contribution in [0.4, 0.5) is 5.69 Å². The summed E-state index contributed by atoms with van der Waals surface area (Å²) in [5.41, 5.74) is 1.95. The molecule has 0 aliphatic rings. The first kappa shape index (κ1) is 31.4. The number of benzene rings is 4. The zero-order valence-electron chi connectivity index (χ0n) is 23.7. The van der Waals surface area contributed by atoms with E-state index in [1.807, 2.05) is 18.2 Å². The molecule has 2 amide bonds. The normalized spacial score (nSPS) is 10.9. The van der Waals surface area contributed by atoms with E-state index in [1.165, 1.54) is 39.2 Å². The molecule has 0 spiro atoms. The summed E-state index contributed by atoms with van der Waals surface area (Å²) >= 11 is 4.74. The van der Waals surface area contributed by atoms with Gasteiger partial charge in [-0.1, -0.05) is 52.3 Å². The Labute approximate surface area is 262 Å². The van der Waals surface area contributed by atoms with E-state index in [4.69, 9.17) is 14.2 Å². The zero-order valence-corrected chi connectivity index (χ0v) is 26.1. The van der Waals surface area contributed by atoms with Crippen LogP contribution >= 0.6 is 27.7 Å². The van der Waals surface area contributed by atoms with Gasteiger partial charge in [0.15, 0.2) is 17.3 Å². The summed E-state index contributed by atoms with van der Waals surface area (Å²) in [5, 5.41) is 5.58. The molecule has 0 aromatic heterocycles. The molecule has 43 heavy (non-hydrogen) atoms. The van der Waals surface area contributed by atoms with Gasteiger partial charge < -0.3 is 24.8 Å². The number of carbonyl (C=O) groups is 3. The molecule has 0 heterocycles. The van der Waals surface area contributed by atoms with Gasteiger partial charge in [0.05, 0.1) is 27.1 Å². The van der Waals surface area contributed by atoms with Gasteiger partial charge in [-0.2, -0.15) is 0 Å². The van der Waals surface area contributed by atoms with Gasteiger partial charge in [-0.3, -0.25) is 14.4 Å². The molecule has 220 valence electrons. The molecule has 0 fully saturated rings. The molecule has 0 atom stereocenters. The van der Waals surface area contributed by atoms with Crippen LogP contribution in [-0.4, -0.2) is 44.7 Å². The van der Waals surface area contributed by atoms with Crippen molar-refractivity contribution < 1.29 is 28.6 Å². The number of methoxy groups -OCH3 is 3. The van der Waals surface area contributed by atoms with Crippen LogP contribution in [0.5, 0.6) is 17.2 Å². The summed E-state index contributed by atoms with van der Waals surface area (Å²) in [7, 11) is 4.50. The first-order valence-corrected chi connectivity index (χ1v) is 14.8. The highest BCUT2D eigenvalue weighted by molar-refractivity contribution is 9.10. The quantitative estimate of drug-likeness (QED) is 0.0972. The number of Topliss-reactive ketones (excluding diaryl/α,β-unsaturated/α-hetero) is 1. The van der Waals surface area contributed by atoms with Crippen molar-refractivity contribution in [2.45, 2.75) is 4.90 Å². The molecule has 0 aliphatic carbocycles. The molecule has 0 aliphatic heterocycles. The van der Waals surface area contributed by atoms with Crippen molar-refractivity contribution in [2.75, 3.05) is 32.4 Å². The van der Waals surface area contributed by atoms with E-state index in [1.54, 1.807) is 72.8 Å². The van der Waals surface area contributed by atoms with Crippen LogP contribution < -0.4 is 24.8 Å². The fourth-order valence-electron chi connectivity index (χ4n) is 3.99. The molecular weight excluding hydrogens is 632 g/mol. The molecule has 0 saturated heterocycles. The summed E-state index contributed by atoms with van der Waals surface area (Å²) in [5.74, 6) is 0.479. The largest absolute Gasteiger partial charge is 0.496 e. The van der Waals surface area contributed by atoms with E-state index in [-0.39, 0.29) is 17.2 Å². The maximum atomic E-state index is 13.6. The highest BCUT2D eigenvalue weighted by Crippen LogP contribution is 2.35. The van der Waals surface area contributed by atoms with Crippen LogP contribution in [0.2, 0.25) is 0 Å². The Balaban J connectivity index is 1.58. The van der Waals surface area contributed by atoms with Gasteiger partial charge in [0, 0.05) is 37.8 Å². The SMILES string of the molecule is COc1cc(OC)c(OC)cc1/C=C(\NC(=O)c1ccccc1)C(=O)Nc1cccc(SCC(=O)c2ccc(Br)cc2)c1. The number of hydrogen-bond donors (Lipinski definition) is 2. The van der Waals surface area contributed by atoms with Crippen molar-refractivity contribution in [3.8, 4) is 17.2 Å². The molecule has 4 rings (SSSR count). The van der Waals surface area contributed by atoms with Gasteiger partial charge in [-0.15, -0.1) is 11.8 Å². The maximum Gasteiger partial charge on any atom is 0.272 e. The summed E-state index contributed by atoms with van der Waals surface area (Å²) in [4.78, 5) is 40.1. The molecule has 0 saturated carbocycles. The number of ether oxygens (including phenoxy) is 3. The minimum atomic E-state index is -0.561. The lowest BCUT2D eigenvalue weighted by Gasteiger charge is -2.15. The minimum Gasteiger partial charge on any atom is -0.496 e. The van der Waals surface area contributed by atoms with Crippen LogP contribution in [0.15, 0.2) is 106 Å². The zero-order chi connectivity index (χ0) is 30.8. The maximum absolute atomic E-state index is 13.6. The van der Waals surface area contributed by atoms with Crippen LogP contribution in [0.3, 0.4) is 0 Å². The van der Waals surface area contributed by atoms with E-state index in [0.29, 0.717) is 39.6 Å². The molecular formula is C33H29BrN2O6S. The third kappa shape index (κ3) is 8.50. The average Bonchev–Trinajstić information content (AvgIpc) is 3.03. The Morgan fingerprint density at radius 3 is 2.12 bits per heavy atom. The van der Waals surface area contributed by atoms with Gasteiger partial charge in [0.1, 0.15) is 11.4 Å². The number of hydrogen-bond acceptors (Lipinski definition) is 7. The first-order chi connectivity index (χ1) is 20.8. The van der Waals surface area contributed by atoms with Gasteiger partial charge in [0.25, 0.3) is 11.8 Å². The third-order valence-corrected chi connectivity index (χ3v) is 7.72.